The van der Waals surface area contributed by atoms with Crippen LogP contribution in [0.25, 0.3) is 11.4 Å². The molecular weight excluding hydrogens is 230 g/mol. The van der Waals surface area contributed by atoms with Crippen LogP contribution in [0, 0.1) is 5.92 Å². The molecule has 4 heteroatoms. The number of piperidine rings is 1. The monoisotopic (exact) mass is 247 g/mol. The van der Waals surface area contributed by atoms with Gasteiger partial charge in [0.1, 0.15) is 0 Å². The smallest absolute Gasteiger partial charge is 0.0976 e. The first-order valence-corrected chi connectivity index (χ1v) is 7.08. The summed E-state index contributed by atoms with van der Waals surface area (Å²) in [5, 5.41) is 6.84. The summed E-state index contributed by atoms with van der Waals surface area (Å²) in [4.78, 5) is 7.92. The third-order valence-corrected chi connectivity index (χ3v) is 4.22. The van der Waals surface area contributed by atoms with Crippen LogP contribution < -0.4 is 5.32 Å². The summed E-state index contributed by atoms with van der Waals surface area (Å²) < 4.78 is 0. The van der Waals surface area contributed by atoms with Crippen molar-refractivity contribution in [3.8, 4) is 11.4 Å². The molecule has 0 aliphatic carbocycles. The predicted octanol–water partition coefficient (Wildman–Crippen LogP) is 2.68. The van der Waals surface area contributed by atoms with Gasteiger partial charge < -0.3 is 10.3 Å². The maximum atomic E-state index is 4.71. The Morgan fingerprint density at radius 1 is 1.35 bits per heavy atom. The molecule has 0 amide bonds. The molecule has 0 atom stereocenters. The van der Waals surface area contributed by atoms with Gasteiger partial charge in [-0.25, -0.2) is 4.98 Å². The fourth-order valence-corrected chi connectivity index (χ4v) is 3.26. The van der Waals surface area contributed by atoms with Crippen LogP contribution in [0.5, 0.6) is 0 Å². The molecule has 1 aliphatic rings. The van der Waals surface area contributed by atoms with E-state index in [0.717, 1.165) is 23.7 Å². The van der Waals surface area contributed by atoms with E-state index in [1.54, 1.807) is 11.3 Å². The molecule has 0 radical (unpaired) electrons. The third-order valence-electron chi connectivity index (χ3n) is 3.35. The van der Waals surface area contributed by atoms with E-state index in [0.29, 0.717) is 0 Å². The number of hydrogen-bond donors (Lipinski definition) is 2. The van der Waals surface area contributed by atoms with Gasteiger partial charge in [-0.05, 0) is 44.0 Å². The zero-order chi connectivity index (χ0) is 11.5. The van der Waals surface area contributed by atoms with Crippen molar-refractivity contribution in [1.29, 1.82) is 0 Å². The summed E-state index contributed by atoms with van der Waals surface area (Å²) >= 11 is 1.79. The summed E-state index contributed by atoms with van der Waals surface area (Å²) in [7, 11) is 0. The number of nitrogens with zero attached hydrogens (tertiary/aromatic N) is 1. The van der Waals surface area contributed by atoms with Crippen molar-refractivity contribution >= 4 is 11.3 Å². The number of aromatic nitrogens is 2. The van der Waals surface area contributed by atoms with E-state index in [9.17, 15) is 0 Å². The molecule has 3 rings (SSSR count). The molecule has 2 aromatic rings. The maximum Gasteiger partial charge on any atom is 0.0976 e. The Kier molecular flexibility index (Phi) is 3.25. The van der Waals surface area contributed by atoms with E-state index in [2.05, 4.69) is 21.7 Å². The van der Waals surface area contributed by atoms with Crippen molar-refractivity contribution in [3.63, 3.8) is 0 Å². The van der Waals surface area contributed by atoms with Crippen molar-refractivity contribution in [2.45, 2.75) is 19.3 Å². The lowest BCUT2D eigenvalue weighted by Gasteiger charge is -2.21. The first-order valence-electron chi connectivity index (χ1n) is 6.21. The number of aromatic amines is 1. The van der Waals surface area contributed by atoms with Crippen molar-refractivity contribution in [1.82, 2.24) is 15.3 Å². The minimum atomic E-state index is 0.818. The second-order valence-corrected chi connectivity index (χ2v) is 5.55. The Labute approximate surface area is 105 Å². The molecule has 0 unspecified atom stereocenters. The van der Waals surface area contributed by atoms with Crippen molar-refractivity contribution in [2.24, 2.45) is 5.92 Å². The first kappa shape index (κ1) is 11.0. The average molecular weight is 247 g/mol. The van der Waals surface area contributed by atoms with Gasteiger partial charge in [0.2, 0.25) is 0 Å². The fourth-order valence-electron chi connectivity index (χ4n) is 2.35. The van der Waals surface area contributed by atoms with Crippen LogP contribution in [0.15, 0.2) is 23.7 Å². The van der Waals surface area contributed by atoms with E-state index >= 15 is 0 Å². The Hall–Kier alpha value is -1.13. The van der Waals surface area contributed by atoms with Gasteiger partial charge >= 0.3 is 0 Å². The van der Waals surface area contributed by atoms with E-state index in [1.807, 2.05) is 12.3 Å². The van der Waals surface area contributed by atoms with E-state index in [-0.39, 0.29) is 0 Å². The van der Waals surface area contributed by atoms with Gasteiger partial charge in [-0.15, -0.1) is 11.3 Å². The molecule has 0 saturated carbocycles. The van der Waals surface area contributed by atoms with Gasteiger partial charge in [-0.2, -0.15) is 0 Å². The molecule has 3 heterocycles. The quantitative estimate of drug-likeness (QED) is 0.875. The average Bonchev–Trinajstić information content (AvgIpc) is 3.00. The van der Waals surface area contributed by atoms with Gasteiger partial charge in [-0.3, -0.25) is 0 Å². The summed E-state index contributed by atoms with van der Waals surface area (Å²) in [6, 6.07) is 4.09. The summed E-state index contributed by atoms with van der Waals surface area (Å²) in [6.45, 7) is 2.33. The second kappa shape index (κ2) is 5.02. The van der Waals surface area contributed by atoms with Crippen molar-refractivity contribution < 1.29 is 0 Å². The molecule has 1 aliphatic heterocycles. The van der Waals surface area contributed by atoms with Gasteiger partial charge in [0.05, 0.1) is 16.4 Å². The number of rotatable bonds is 3. The molecule has 0 aromatic carbocycles. The van der Waals surface area contributed by atoms with Crippen LogP contribution in [-0.2, 0) is 6.42 Å². The topological polar surface area (TPSA) is 40.7 Å². The Balaban J connectivity index is 1.68. The highest BCUT2D eigenvalue weighted by Gasteiger charge is 2.15. The molecule has 0 spiro atoms. The highest BCUT2D eigenvalue weighted by Crippen LogP contribution is 2.24. The molecule has 0 bridgehead atoms. The Bertz CT molecular complexity index is 455. The van der Waals surface area contributed by atoms with Gasteiger partial charge in [0.15, 0.2) is 0 Å². The second-order valence-electron chi connectivity index (χ2n) is 4.61. The minimum absolute atomic E-state index is 0.818. The lowest BCUT2D eigenvalue weighted by molar-refractivity contribution is 0.372. The molecule has 1 fully saturated rings. The molecule has 17 heavy (non-hydrogen) atoms. The maximum absolute atomic E-state index is 4.71. The van der Waals surface area contributed by atoms with Gasteiger partial charge in [0.25, 0.3) is 0 Å². The number of thiazole rings is 1. The highest BCUT2D eigenvalue weighted by atomic mass is 32.1. The van der Waals surface area contributed by atoms with Crippen LogP contribution in [-0.4, -0.2) is 23.1 Å². The largest absolute Gasteiger partial charge is 0.360 e. The lowest BCUT2D eigenvalue weighted by Crippen LogP contribution is -2.28. The zero-order valence-corrected chi connectivity index (χ0v) is 10.6. The van der Waals surface area contributed by atoms with Crippen LogP contribution in [0.3, 0.4) is 0 Å². The summed E-state index contributed by atoms with van der Waals surface area (Å²) in [6.07, 6.45) is 5.67. The zero-order valence-electron chi connectivity index (χ0n) is 9.78. The van der Waals surface area contributed by atoms with Crippen LogP contribution in [0.1, 0.15) is 17.8 Å². The Morgan fingerprint density at radius 2 is 2.24 bits per heavy atom. The number of H-pyrrole nitrogens is 1. The molecule has 90 valence electrons. The highest BCUT2D eigenvalue weighted by molar-refractivity contribution is 7.09. The van der Waals surface area contributed by atoms with Crippen LogP contribution in [0.4, 0.5) is 0 Å². The van der Waals surface area contributed by atoms with E-state index in [1.165, 1.54) is 30.9 Å². The molecule has 3 nitrogen and oxygen atoms in total. The summed E-state index contributed by atoms with van der Waals surface area (Å²) in [5.41, 5.74) is 2.21. The molecule has 2 aromatic heterocycles. The van der Waals surface area contributed by atoms with Crippen LogP contribution >= 0.6 is 11.3 Å². The molecular formula is C13H17N3S. The molecule has 1 saturated heterocycles. The predicted molar refractivity (Wildman–Crippen MR) is 71.2 cm³/mol. The standard InChI is InChI=1S/C13H17N3S/c1-2-11(15-5-1)12-9-17-13(16-12)8-10-3-6-14-7-4-10/h1-2,5,9-10,14-15H,3-4,6-8H2. The van der Waals surface area contributed by atoms with Gasteiger partial charge in [-0.1, -0.05) is 0 Å². The molecule has 2 N–H and O–H groups in total. The summed E-state index contributed by atoms with van der Waals surface area (Å²) in [5.74, 6) is 0.818. The third kappa shape index (κ3) is 2.58. The van der Waals surface area contributed by atoms with Gasteiger partial charge in [0, 0.05) is 18.0 Å². The van der Waals surface area contributed by atoms with Crippen LogP contribution in [0.2, 0.25) is 0 Å². The fraction of sp³-hybridized carbons (Fsp3) is 0.462. The minimum Gasteiger partial charge on any atom is -0.360 e. The Morgan fingerprint density at radius 3 is 3.00 bits per heavy atom. The normalized spacial score (nSPS) is 17.4. The number of nitrogens with one attached hydrogen (secondary N) is 2. The number of hydrogen-bond acceptors (Lipinski definition) is 3. The van der Waals surface area contributed by atoms with Crippen molar-refractivity contribution in [3.05, 3.63) is 28.7 Å². The van der Waals surface area contributed by atoms with E-state index < -0.39 is 0 Å². The van der Waals surface area contributed by atoms with Crippen molar-refractivity contribution in [2.75, 3.05) is 13.1 Å². The first-order chi connectivity index (χ1) is 8.42. The SMILES string of the molecule is c1c[nH]c(-c2csc(CC3CCNCC3)n2)c1. The van der Waals surface area contributed by atoms with E-state index in [4.69, 9.17) is 4.98 Å². The lowest BCUT2D eigenvalue weighted by atomic mass is 9.95.